The number of allylic oxidation sites excluding steroid dienone is 1. The summed E-state index contributed by atoms with van der Waals surface area (Å²) < 4.78 is 0. The van der Waals surface area contributed by atoms with Crippen LogP contribution < -0.4 is 0 Å². The minimum atomic E-state index is 0.209. The number of rotatable bonds is 9. The lowest BCUT2D eigenvalue weighted by Gasteiger charge is -2.20. The maximum absolute atomic E-state index is 9.41. The zero-order valence-corrected chi connectivity index (χ0v) is 15.6. The van der Waals surface area contributed by atoms with E-state index < -0.39 is 0 Å². The highest BCUT2D eigenvalue weighted by molar-refractivity contribution is 6.42. The summed E-state index contributed by atoms with van der Waals surface area (Å²) in [5.41, 5.74) is 1.62. The van der Waals surface area contributed by atoms with Gasteiger partial charge in [-0.25, -0.2) is 0 Å². The van der Waals surface area contributed by atoms with Gasteiger partial charge in [0.15, 0.2) is 0 Å². The van der Waals surface area contributed by atoms with E-state index in [1.54, 1.807) is 12.1 Å². The molecular weight excluding hydrogens is 331 g/mol. The number of hydrogen-bond donors (Lipinski definition) is 1. The van der Waals surface area contributed by atoms with Crippen LogP contribution >= 0.6 is 23.2 Å². The highest BCUT2D eigenvalue weighted by atomic mass is 35.5. The molecule has 0 aromatic heterocycles. The third-order valence-electron chi connectivity index (χ3n) is 3.67. The van der Waals surface area contributed by atoms with Gasteiger partial charge in [0.1, 0.15) is 0 Å². The van der Waals surface area contributed by atoms with Crippen LogP contribution in [0.2, 0.25) is 10.0 Å². The molecular formula is C18H26Cl2N2O. The lowest BCUT2D eigenvalue weighted by molar-refractivity contribution is 0.305. The van der Waals surface area contributed by atoms with Gasteiger partial charge in [-0.05, 0) is 44.3 Å². The predicted molar refractivity (Wildman–Crippen MR) is 101 cm³/mol. The number of benzene rings is 1. The second-order valence-electron chi connectivity index (χ2n) is 5.99. The van der Waals surface area contributed by atoms with E-state index in [4.69, 9.17) is 23.2 Å². The predicted octanol–water partition coefficient (Wildman–Crippen LogP) is 5.59. The van der Waals surface area contributed by atoms with Gasteiger partial charge < -0.3 is 10.1 Å². The molecule has 0 aliphatic carbocycles. The zero-order chi connectivity index (χ0) is 17.2. The molecule has 0 spiro atoms. The van der Waals surface area contributed by atoms with Gasteiger partial charge in [0.25, 0.3) is 0 Å². The fourth-order valence-corrected chi connectivity index (χ4v) is 2.77. The number of halogens is 2. The molecule has 0 saturated carbocycles. The average molecular weight is 357 g/mol. The average Bonchev–Trinajstić information content (AvgIpc) is 2.50. The van der Waals surface area contributed by atoms with Crippen LogP contribution in [0.3, 0.4) is 0 Å². The molecule has 3 nitrogen and oxygen atoms in total. The molecule has 0 saturated heterocycles. The van der Waals surface area contributed by atoms with Crippen LogP contribution in [-0.2, 0) is 0 Å². The van der Waals surface area contributed by atoms with Gasteiger partial charge in [-0.3, -0.25) is 0 Å². The summed E-state index contributed by atoms with van der Waals surface area (Å²) in [5, 5.41) is 14.0. The van der Waals surface area contributed by atoms with Crippen molar-refractivity contribution in [2.45, 2.75) is 32.6 Å². The van der Waals surface area contributed by atoms with Gasteiger partial charge in [0.2, 0.25) is 0 Å². The largest absolute Gasteiger partial charge is 0.411 e. The van der Waals surface area contributed by atoms with Crippen molar-refractivity contribution in [3.8, 4) is 0 Å². The third-order valence-corrected chi connectivity index (χ3v) is 4.40. The Kier molecular flexibility index (Phi) is 9.30. The normalized spacial score (nSPS) is 13.9. The standard InChI is InChI=1S/C18H26Cl2N2O/c1-4-5-6-7-15(13-22(2)3)18(21-23)11-9-14-8-10-16(19)17(20)12-14/h8-12,15,23H,4-7,13H2,1-3H3. The van der Waals surface area contributed by atoms with E-state index in [1.165, 1.54) is 12.8 Å². The van der Waals surface area contributed by atoms with E-state index in [-0.39, 0.29) is 5.92 Å². The molecule has 1 aromatic carbocycles. The fourth-order valence-electron chi connectivity index (χ4n) is 2.46. The van der Waals surface area contributed by atoms with Crippen molar-refractivity contribution in [1.82, 2.24) is 4.90 Å². The molecule has 0 bridgehead atoms. The first-order valence-corrected chi connectivity index (χ1v) is 8.73. The maximum atomic E-state index is 9.41. The fraction of sp³-hybridized carbons (Fsp3) is 0.500. The first kappa shape index (κ1) is 20.0. The summed E-state index contributed by atoms with van der Waals surface area (Å²) in [6.07, 6.45) is 8.28. The maximum Gasteiger partial charge on any atom is 0.0839 e. The molecule has 1 atom stereocenters. The molecule has 1 aromatic rings. The van der Waals surface area contributed by atoms with E-state index in [9.17, 15) is 5.21 Å². The Bertz CT molecular complexity index is 542. The number of oxime groups is 1. The van der Waals surface area contributed by atoms with Crippen LogP contribution in [0, 0.1) is 5.92 Å². The van der Waals surface area contributed by atoms with Crippen molar-refractivity contribution in [1.29, 1.82) is 0 Å². The summed E-state index contributed by atoms with van der Waals surface area (Å²) in [7, 11) is 4.06. The Hall–Kier alpha value is -1.03. The first-order valence-electron chi connectivity index (χ1n) is 7.97. The summed E-state index contributed by atoms with van der Waals surface area (Å²) in [5.74, 6) is 0.209. The van der Waals surface area contributed by atoms with Gasteiger partial charge in [0, 0.05) is 12.5 Å². The summed E-state index contributed by atoms with van der Waals surface area (Å²) in [6, 6.07) is 5.45. The van der Waals surface area contributed by atoms with Crippen LogP contribution in [-0.4, -0.2) is 36.5 Å². The second kappa shape index (κ2) is 10.7. The minimum absolute atomic E-state index is 0.209. The Morgan fingerprint density at radius 2 is 2.00 bits per heavy atom. The Morgan fingerprint density at radius 1 is 1.26 bits per heavy atom. The molecule has 0 aliphatic rings. The number of hydrogen-bond acceptors (Lipinski definition) is 3. The quantitative estimate of drug-likeness (QED) is 0.270. The lowest BCUT2D eigenvalue weighted by atomic mass is 9.94. The molecule has 0 radical (unpaired) electrons. The monoisotopic (exact) mass is 356 g/mol. The van der Waals surface area contributed by atoms with E-state index in [0.29, 0.717) is 15.8 Å². The molecule has 0 amide bonds. The molecule has 23 heavy (non-hydrogen) atoms. The number of nitrogens with zero attached hydrogens (tertiary/aromatic N) is 2. The van der Waals surface area contributed by atoms with Crippen LogP contribution in [0.15, 0.2) is 29.4 Å². The molecule has 1 unspecified atom stereocenters. The van der Waals surface area contributed by atoms with Gasteiger partial charge >= 0.3 is 0 Å². The van der Waals surface area contributed by atoms with Gasteiger partial charge in [-0.15, -0.1) is 0 Å². The highest BCUT2D eigenvalue weighted by Gasteiger charge is 2.15. The van der Waals surface area contributed by atoms with Crippen LogP contribution in [0.4, 0.5) is 0 Å². The smallest absolute Gasteiger partial charge is 0.0839 e. The Balaban J connectivity index is 2.84. The van der Waals surface area contributed by atoms with Crippen molar-refractivity contribution >= 4 is 35.0 Å². The topological polar surface area (TPSA) is 35.8 Å². The molecule has 1 N–H and O–H groups in total. The Labute approximate surface area is 149 Å². The first-order chi connectivity index (χ1) is 11.0. The van der Waals surface area contributed by atoms with Gasteiger partial charge in [-0.2, -0.15) is 0 Å². The van der Waals surface area contributed by atoms with Crippen molar-refractivity contribution in [3.05, 3.63) is 39.9 Å². The molecule has 5 heteroatoms. The zero-order valence-electron chi connectivity index (χ0n) is 14.1. The number of unbranched alkanes of at least 4 members (excludes halogenated alkanes) is 2. The lowest BCUT2D eigenvalue weighted by Crippen LogP contribution is -2.27. The van der Waals surface area contributed by atoms with Crippen molar-refractivity contribution in [2.75, 3.05) is 20.6 Å². The van der Waals surface area contributed by atoms with E-state index in [2.05, 4.69) is 17.0 Å². The SMILES string of the molecule is CCCCCC(CN(C)C)C(C=Cc1ccc(Cl)c(Cl)c1)=NO. The second-order valence-corrected chi connectivity index (χ2v) is 6.80. The van der Waals surface area contributed by atoms with Crippen molar-refractivity contribution in [2.24, 2.45) is 11.1 Å². The molecule has 0 heterocycles. The van der Waals surface area contributed by atoms with E-state index in [1.807, 2.05) is 32.3 Å². The molecule has 128 valence electrons. The van der Waals surface area contributed by atoms with Crippen LogP contribution in [0.5, 0.6) is 0 Å². The summed E-state index contributed by atoms with van der Waals surface area (Å²) in [4.78, 5) is 2.12. The van der Waals surface area contributed by atoms with E-state index in [0.717, 1.165) is 24.9 Å². The summed E-state index contributed by atoms with van der Waals surface area (Å²) in [6.45, 7) is 3.04. The Morgan fingerprint density at radius 3 is 2.57 bits per heavy atom. The molecule has 0 fully saturated rings. The van der Waals surface area contributed by atoms with Crippen LogP contribution in [0.25, 0.3) is 6.08 Å². The minimum Gasteiger partial charge on any atom is -0.411 e. The highest BCUT2D eigenvalue weighted by Crippen LogP contribution is 2.23. The molecule has 1 rings (SSSR count). The molecule has 0 aliphatic heterocycles. The van der Waals surface area contributed by atoms with E-state index >= 15 is 0 Å². The van der Waals surface area contributed by atoms with Crippen molar-refractivity contribution < 1.29 is 5.21 Å². The van der Waals surface area contributed by atoms with Gasteiger partial charge in [-0.1, -0.05) is 66.7 Å². The van der Waals surface area contributed by atoms with Crippen molar-refractivity contribution in [3.63, 3.8) is 0 Å². The summed E-state index contributed by atoms with van der Waals surface area (Å²) >= 11 is 12.0. The third kappa shape index (κ3) is 7.38. The van der Waals surface area contributed by atoms with Gasteiger partial charge in [0.05, 0.1) is 15.8 Å². The van der Waals surface area contributed by atoms with Crippen LogP contribution in [0.1, 0.15) is 38.2 Å².